The molecule has 2 heterocycles. The Bertz CT molecular complexity index is 537. The van der Waals surface area contributed by atoms with E-state index in [9.17, 15) is 4.79 Å². The standard InChI is InChI=1S/C11H14N4OS/c1-3-12-9(16)5-13-10-8-4-7(2)17-11(8)15-6-14-10/h4,6H,3,5H2,1-2H3,(H,12,16)(H,13,14,15). The van der Waals surface area contributed by atoms with Crippen LogP contribution in [0.15, 0.2) is 12.4 Å². The van der Waals surface area contributed by atoms with Crippen molar-refractivity contribution >= 4 is 33.3 Å². The van der Waals surface area contributed by atoms with Crippen molar-refractivity contribution in [3.8, 4) is 0 Å². The normalized spacial score (nSPS) is 10.5. The fourth-order valence-corrected chi connectivity index (χ4v) is 2.39. The van der Waals surface area contributed by atoms with E-state index < -0.39 is 0 Å². The first kappa shape index (κ1) is 11.8. The van der Waals surface area contributed by atoms with E-state index in [1.165, 1.54) is 11.2 Å². The van der Waals surface area contributed by atoms with Gasteiger partial charge in [-0.3, -0.25) is 4.79 Å². The van der Waals surface area contributed by atoms with Gasteiger partial charge in [-0.05, 0) is 19.9 Å². The second-order valence-electron chi connectivity index (χ2n) is 3.61. The Morgan fingerprint density at radius 2 is 2.29 bits per heavy atom. The van der Waals surface area contributed by atoms with Gasteiger partial charge in [-0.2, -0.15) is 0 Å². The SMILES string of the molecule is CCNC(=O)CNc1ncnc2sc(C)cc12. The Kier molecular flexibility index (Phi) is 3.53. The number of carbonyl (C=O) groups is 1. The highest BCUT2D eigenvalue weighted by molar-refractivity contribution is 7.18. The van der Waals surface area contributed by atoms with Gasteiger partial charge in [0.05, 0.1) is 11.9 Å². The van der Waals surface area contributed by atoms with Crippen molar-refractivity contribution in [2.75, 3.05) is 18.4 Å². The number of likely N-dealkylation sites (N-methyl/N-ethyl adjacent to an activating group) is 1. The Labute approximate surface area is 103 Å². The van der Waals surface area contributed by atoms with Gasteiger partial charge in [-0.25, -0.2) is 9.97 Å². The molecule has 2 N–H and O–H groups in total. The Morgan fingerprint density at radius 3 is 3.06 bits per heavy atom. The molecule has 0 aliphatic carbocycles. The number of amides is 1. The van der Waals surface area contributed by atoms with Crippen molar-refractivity contribution in [3.05, 3.63) is 17.3 Å². The number of nitrogens with zero attached hydrogens (tertiary/aromatic N) is 2. The third-order valence-electron chi connectivity index (χ3n) is 2.24. The van der Waals surface area contributed by atoms with E-state index >= 15 is 0 Å². The summed E-state index contributed by atoms with van der Waals surface area (Å²) in [5, 5.41) is 6.73. The zero-order chi connectivity index (χ0) is 12.3. The molecule has 2 aromatic heterocycles. The third-order valence-corrected chi connectivity index (χ3v) is 3.20. The first-order chi connectivity index (χ1) is 8.20. The average Bonchev–Trinajstić information content (AvgIpc) is 2.67. The minimum atomic E-state index is -0.0359. The Morgan fingerprint density at radius 1 is 1.47 bits per heavy atom. The quantitative estimate of drug-likeness (QED) is 0.864. The zero-order valence-corrected chi connectivity index (χ0v) is 10.6. The number of anilines is 1. The van der Waals surface area contributed by atoms with Crippen LogP contribution in [0.5, 0.6) is 0 Å². The predicted octanol–water partition coefficient (Wildman–Crippen LogP) is 1.55. The number of hydrogen-bond donors (Lipinski definition) is 2. The van der Waals surface area contributed by atoms with Crippen molar-refractivity contribution in [3.63, 3.8) is 0 Å². The fourth-order valence-electron chi connectivity index (χ4n) is 1.54. The summed E-state index contributed by atoms with van der Waals surface area (Å²) in [6, 6.07) is 2.03. The largest absolute Gasteiger partial charge is 0.360 e. The minimum absolute atomic E-state index is 0.0359. The summed E-state index contributed by atoms with van der Waals surface area (Å²) in [6.45, 7) is 4.79. The number of aryl methyl sites for hydroxylation is 1. The lowest BCUT2D eigenvalue weighted by Gasteiger charge is -2.05. The van der Waals surface area contributed by atoms with Crippen LogP contribution in [-0.4, -0.2) is 29.0 Å². The van der Waals surface area contributed by atoms with Gasteiger partial charge in [0.15, 0.2) is 0 Å². The van der Waals surface area contributed by atoms with Gasteiger partial charge < -0.3 is 10.6 Å². The summed E-state index contributed by atoms with van der Waals surface area (Å²) in [5.74, 6) is 0.678. The number of fused-ring (bicyclic) bond motifs is 1. The number of rotatable bonds is 4. The second-order valence-corrected chi connectivity index (χ2v) is 4.84. The molecule has 0 aliphatic rings. The molecule has 0 aliphatic heterocycles. The third kappa shape index (κ3) is 2.71. The summed E-state index contributed by atoms with van der Waals surface area (Å²) in [4.78, 5) is 21.8. The van der Waals surface area contributed by atoms with E-state index in [2.05, 4.69) is 20.6 Å². The van der Waals surface area contributed by atoms with Crippen molar-refractivity contribution in [2.45, 2.75) is 13.8 Å². The van der Waals surface area contributed by atoms with Gasteiger partial charge >= 0.3 is 0 Å². The van der Waals surface area contributed by atoms with Crippen LogP contribution in [0.25, 0.3) is 10.2 Å². The molecule has 0 atom stereocenters. The molecular weight excluding hydrogens is 236 g/mol. The first-order valence-corrected chi connectivity index (χ1v) is 6.24. The van der Waals surface area contributed by atoms with Crippen LogP contribution < -0.4 is 10.6 Å². The number of carbonyl (C=O) groups excluding carboxylic acids is 1. The molecule has 0 saturated carbocycles. The molecule has 6 heteroatoms. The van der Waals surface area contributed by atoms with Gasteiger partial charge in [-0.15, -0.1) is 11.3 Å². The molecule has 2 rings (SSSR count). The lowest BCUT2D eigenvalue weighted by molar-refractivity contribution is -0.119. The molecule has 0 aromatic carbocycles. The van der Waals surface area contributed by atoms with Crippen molar-refractivity contribution in [1.29, 1.82) is 0 Å². The molecule has 17 heavy (non-hydrogen) atoms. The summed E-state index contributed by atoms with van der Waals surface area (Å²) >= 11 is 1.62. The minimum Gasteiger partial charge on any atom is -0.360 e. The van der Waals surface area contributed by atoms with Crippen molar-refractivity contribution in [1.82, 2.24) is 15.3 Å². The van der Waals surface area contributed by atoms with Crippen molar-refractivity contribution in [2.24, 2.45) is 0 Å². The molecule has 0 unspecified atom stereocenters. The molecule has 0 fully saturated rings. The lowest BCUT2D eigenvalue weighted by Crippen LogP contribution is -2.29. The summed E-state index contributed by atoms with van der Waals surface area (Å²) < 4.78 is 0. The van der Waals surface area contributed by atoms with E-state index in [-0.39, 0.29) is 12.5 Å². The van der Waals surface area contributed by atoms with Crippen LogP contribution in [0.2, 0.25) is 0 Å². The van der Waals surface area contributed by atoms with Gasteiger partial charge in [-0.1, -0.05) is 0 Å². The highest BCUT2D eigenvalue weighted by Gasteiger charge is 2.07. The predicted molar refractivity (Wildman–Crippen MR) is 69.3 cm³/mol. The molecule has 5 nitrogen and oxygen atoms in total. The van der Waals surface area contributed by atoms with Crippen LogP contribution in [0.3, 0.4) is 0 Å². The molecule has 0 saturated heterocycles. The fraction of sp³-hybridized carbons (Fsp3) is 0.364. The summed E-state index contributed by atoms with van der Waals surface area (Å²) in [7, 11) is 0. The summed E-state index contributed by atoms with van der Waals surface area (Å²) in [5.41, 5.74) is 0. The van der Waals surface area contributed by atoms with E-state index in [0.717, 1.165) is 10.2 Å². The van der Waals surface area contributed by atoms with Crippen LogP contribution in [0.1, 0.15) is 11.8 Å². The maximum Gasteiger partial charge on any atom is 0.239 e. The number of aromatic nitrogens is 2. The number of nitrogens with one attached hydrogen (secondary N) is 2. The van der Waals surface area contributed by atoms with Crippen LogP contribution in [0.4, 0.5) is 5.82 Å². The molecule has 0 bridgehead atoms. The lowest BCUT2D eigenvalue weighted by atomic mass is 10.3. The van der Waals surface area contributed by atoms with E-state index in [1.807, 2.05) is 19.9 Å². The smallest absolute Gasteiger partial charge is 0.239 e. The Balaban J connectivity index is 2.15. The first-order valence-electron chi connectivity index (χ1n) is 5.42. The van der Waals surface area contributed by atoms with Gasteiger partial charge in [0, 0.05) is 11.4 Å². The van der Waals surface area contributed by atoms with Crippen LogP contribution in [-0.2, 0) is 4.79 Å². The molecule has 90 valence electrons. The maximum atomic E-state index is 11.3. The van der Waals surface area contributed by atoms with Gasteiger partial charge in [0.2, 0.25) is 5.91 Å². The Hall–Kier alpha value is -1.69. The number of hydrogen-bond acceptors (Lipinski definition) is 5. The van der Waals surface area contributed by atoms with Crippen LogP contribution in [0, 0.1) is 6.92 Å². The second kappa shape index (κ2) is 5.09. The molecule has 1 amide bonds. The van der Waals surface area contributed by atoms with Crippen LogP contribution >= 0.6 is 11.3 Å². The topological polar surface area (TPSA) is 66.9 Å². The number of thiophene rings is 1. The average molecular weight is 250 g/mol. The molecule has 0 spiro atoms. The van der Waals surface area contributed by atoms with E-state index in [1.54, 1.807) is 11.3 Å². The van der Waals surface area contributed by atoms with Gasteiger partial charge in [0.1, 0.15) is 17.0 Å². The highest BCUT2D eigenvalue weighted by Crippen LogP contribution is 2.27. The van der Waals surface area contributed by atoms with Gasteiger partial charge in [0.25, 0.3) is 0 Å². The highest BCUT2D eigenvalue weighted by atomic mass is 32.1. The monoisotopic (exact) mass is 250 g/mol. The zero-order valence-electron chi connectivity index (χ0n) is 9.78. The molecule has 2 aromatic rings. The molecular formula is C11H14N4OS. The van der Waals surface area contributed by atoms with E-state index in [4.69, 9.17) is 0 Å². The molecule has 0 radical (unpaired) electrons. The van der Waals surface area contributed by atoms with Crippen molar-refractivity contribution < 1.29 is 4.79 Å². The summed E-state index contributed by atoms with van der Waals surface area (Å²) in [6.07, 6.45) is 1.51. The van der Waals surface area contributed by atoms with E-state index in [0.29, 0.717) is 12.4 Å². The maximum absolute atomic E-state index is 11.3.